The lowest BCUT2D eigenvalue weighted by Crippen LogP contribution is -2.46. The van der Waals surface area contributed by atoms with Gasteiger partial charge >= 0.3 is 5.97 Å². The Balaban J connectivity index is 4.35. The molecule has 7 heteroatoms. The minimum Gasteiger partial charge on any atom is -0.468 e. The first-order chi connectivity index (χ1) is 5.90. The topological polar surface area (TPSA) is 84.5 Å². The molecule has 13 heavy (non-hydrogen) atoms. The molecule has 78 valence electrons. The number of nitrogens with one attached hydrogen (secondary N) is 2. The normalized spacial score (nSPS) is 13.8. The van der Waals surface area contributed by atoms with Gasteiger partial charge in [-0.25, -0.2) is 8.42 Å². The monoisotopic (exact) mass is 210 g/mol. The number of carbonyl (C=O) groups is 1. The minimum atomic E-state index is -3.39. The summed E-state index contributed by atoms with van der Waals surface area (Å²) in [5.74, 6) is -0.611. The number of hydrogen-bond donors (Lipinski definition) is 2. The second-order valence-electron chi connectivity index (χ2n) is 2.52. The van der Waals surface area contributed by atoms with Gasteiger partial charge in [-0.3, -0.25) is 4.79 Å². The fourth-order valence-electron chi connectivity index (χ4n) is 0.778. The van der Waals surface area contributed by atoms with E-state index in [1.54, 1.807) is 7.05 Å². The average molecular weight is 210 g/mol. The molecule has 0 aromatic rings. The zero-order valence-electron chi connectivity index (χ0n) is 7.83. The van der Waals surface area contributed by atoms with Gasteiger partial charge in [-0.1, -0.05) is 0 Å². The molecule has 0 radical (unpaired) electrons. The van der Waals surface area contributed by atoms with Gasteiger partial charge in [0, 0.05) is 6.54 Å². The summed E-state index contributed by atoms with van der Waals surface area (Å²) >= 11 is 0. The van der Waals surface area contributed by atoms with E-state index < -0.39 is 22.0 Å². The van der Waals surface area contributed by atoms with E-state index in [0.29, 0.717) is 0 Å². The molecule has 0 aromatic heterocycles. The molecule has 0 aromatic carbocycles. The standard InChI is InChI=1S/C6H14N2O4S/c1-7-4-5(6(9)12-2)8-13(3,10)11/h5,7-8H,4H2,1-3H3. The molecule has 0 spiro atoms. The molecular formula is C6H14N2O4S. The Morgan fingerprint density at radius 3 is 2.38 bits per heavy atom. The van der Waals surface area contributed by atoms with Gasteiger partial charge in [0.25, 0.3) is 0 Å². The second-order valence-corrected chi connectivity index (χ2v) is 4.30. The number of esters is 1. The summed E-state index contributed by atoms with van der Waals surface area (Å²) in [6.07, 6.45) is 0.985. The fourth-order valence-corrected chi connectivity index (χ4v) is 1.47. The van der Waals surface area contributed by atoms with Crippen LogP contribution in [0.15, 0.2) is 0 Å². The summed E-state index contributed by atoms with van der Waals surface area (Å²) in [6.45, 7) is 0.194. The van der Waals surface area contributed by atoms with Crippen LogP contribution in [0.2, 0.25) is 0 Å². The lowest BCUT2D eigenvalue weighted by atomic mass is 10.3. The summed E-state index contributed by atoms with van der Waals surface area (Å²) in [4.78, 5) is 11.0. The van der Waals surface area contributed by atoms with Gasteiger partial charge in [0.05, 0.1) is 13.4 Å². The van der Waals surface area contributed by atoms with Crippen molar-refractivity contribution in [2.45, 2.75) is 6.04 Å². The molecule has 1 unspecified atom stereocenters. The summed E-state index contributed by atoms with van der Waals surface area (Å²) in [5.41, 5.74) is 0. The third kappa shape index (κ3) is 5.56. The summed E-state index contributed by atoms with van der Waals surface area (Å²) in [5, 5.41) is 2.68. The van der Waals surface area contributed by atoms with Crippen LogP contribution < -0.4 is 10.0 Å². The van der Waals surface area contributed by atoms with Crippen molar-refractivity contribution in [3.05, 3.63) is 0 Å². The SMILES string of the molecule is CNCC(NS(C)(=O)=O)C(=O)OC. The number of ether oxygens (including phenoxy) is 1. The molecule has 0 heterocycles. The van der Waals surface area contributed by atoms with Crippen LogP contribution in [0.3, 0.4) is 0 Å². The molecule has 2 N–H and O–H groups in total. The zero-order valence-corrected chi connectivity index (χ0v) is 8.64. The number of likely N-dealkylation sites (N-methyl/N-ethyl adjacent to an activating group) is 1. The third-order valence-electron chi connectivity index (χ3n) is 1.25. The molecule has 0 aliphatic rings. The number of carbonyl (C=O) groups excluding carboxylic acids is 1. The van der Waals surface area contributed by atoms with Gasteiger partial charge in [0.1, 0.15) is 6.04 Å². The largest absolute Gasteiger partial charge is 0.468 e. The predicted molar refractivity (Wildman–Crippen MR) is 47.7 cm³/mol. The first-order valence-corrected chi connectivity index (χ1v) is 5.49. The molecule has 0 rings (SSSR count). The smallest absolute Gasteiger partial charge is 0.325 e. The molecule has 0 fully saturated rings. The minimum absolute atomic E-state index is 0.194. The van der Waals surface area contributed by atoms with E-state index in [4.69, 9.17) is 0 Å². The highest BCUT2D eigenvalue weighted by molar-refractivity contribution is 7.88. The number of rotatable bonds is 5. The Morgan fingerprint density at radius 1 is 1.54 bits per heavy atom. The zero-order chi connectivity index (χ0) is 10.5. The maximum Gasteiger partial charge on any atom is 0.325 e. The second kappa shape index (κ2) is 5.15. The van der Waals surface area contributed by atoms with Crippen LogP contribution >= 0.6 is 0 Å². The Hall–Kier alpha value is -0.660. The van der Waals surface area contributed by atoms with Crippen molar-refractivity contribution >= 4 is 16.0 Å². The van der Waals surface area contributed by atoms with E-state index in [2.05, 4.69) is 14.8 Å². The molecule has 0 aliphatic carbocycles. The molecule has 1 atom stereocenters. The summed E-state index contributed by atoms with van der Waals surface area (Å²) < 4.78 is 28.1. The first-order valence-electron chi connectivity index (χ1n) is 3.60. The lowest BCUT2D eigenvalue weighted by molar-refractivity contribution is -0.142. The van der Waals surface area contributed by atoms with Gasteiger partial charge in [-0.2, -0.15) is 4.72 Å². The van der Waals surface area contributed by atoms with Crippen LogP contribution in [0.4, 0.5) is 0 Å². The van der Waals surface area contributed by atoms with Crippen LogP contribution in [0.25, 0.3) is 0 Å². The molecule has 0 bridgehead atoms. The number of methoxy groups -OCH3 is 1. The molecular weight excluding hydrogens is 196 g/mol. The molecule has 0 amide bonds. The predicted octanol–water partition coefficient (Wildman–Crippen LogP) is -1.70. The number of sulfonamides is 1. The van der Waals surface area contributed by atoms with Crippen molar-refractivity contribution in [1.29, 1.82) is 0 Å². The Bertz CT molecular complexity index is 262. The Labute approximate surface area is 77.7 Å². The average Bonchev–Trinajstić information content (AvgIpc) is 2.00. The highest BCUT2D eigenvalue weighted by atomic mass is 32.2. The summed E-state index contributed by atoms with van der Waals surface area (Å²) in [6, 6.07) is -0.870. The van der Waals surface area contributed by atoms with Crippen molar-refractivity contribution < 1.29 is 17.9 Å². The Morgan fingerprint density at radius 2 is 2.08 bits per heavy atom. The first kappa shape index (κ1) is 12.3. The molecule has 6 nitrogen and oxygen atoms in total. The van der Waals surface area contributed by atoms with Gasteiger partial charge in [-0.15, -0.1) is 0 Å². The quantitative estimate of drug-likeness (QED) is 0.528. The van der Waals surface area contributed by atoms with Crippen LogP contribution in [0.1, 0.15) is 0 Å². The van der Waals surface area contributed by atoms with Crippen LogP contribution in [0, 0.1) is 0 Å². The van der Waals surface area contributed by atoms with E-state index in [-0.39, 0.29) is 6.54 Å². The van der Waals surface area contributed by atoms with Crippen molar-refractivity contribution in [1.82, 2.24) is 10.0 Å². The summed E-state index contributed by atoms with van der Waals surface area (Å²) in [7, 11) is -0.577. The van der Waals surface area contributed by atoms with Crippen molar-refractivity contribution in [3.8, 4) is 0 Å². The maximum atomic E-state index is 11.0. The lowest BCUT2D eigenvalue weighted by Gasteiger charge is -2.13. The Kier molecular flexibility index (Phi) is 4.89. The highest BCUT2D eigenvalue weighted by Crippen LogP contribution is 1.89. The van der Waals surface area contributed by atoms with E-state index in [1.165, 1.54) is 7.11 Å². The van der Waals surface area contributed by atoms with Gasteiger partial charge in [0.2, 0.25) is 10.0 Å². The van der Waals surface area contributed by atoms with Crippen LogP contribution in [-0.4, -0.2) is 47.4 Å². The van der Waals surface area contributed by atoms with Gasteiger partial charge in [0.15, 0.2) is 0 Å². The van der Waals surface area contributed by atoms with Crippen molar-refractivity contribution in [2.24, 2.45) is 0 Å². The van der Waals surface area contributed by atoms with Crippen molar-refractivity contribution in [3.63, 3.8) is 0 Å². The van der Waals surface area contributed by atoms with E-state index in [9.17, 15) is 13.2 Å². The van der Waals surface area contributed by atoms with E-state index >= 15 is 0 Å². The van der Waals surface area contributed by atoms with Gasteiger partial charge in [-0.05, 0) is 7.05 Å². The van der Waals surface area contributed by atoms with Crippen LogP contribution in [0.5, 0.6) is 0 Å². The van der Waals surface area contributed by atoms with E-state index in [0.717, 1.165) is 6.26 Å². The third-order valence-corrected chi connectivity index (χ3v) is 1.96. The fraction of sp³-hybridized carbons (Fsp3) is 0.833. The highest BCUT2D eigenvalue weighted by Gasteiger charge is 2.21. The van der Waals surface area contributed by atoms with Gasteiger partial charge < -0.3 is 10.1 Å². The van der Waals surface area contributed by atoms with Crippen molar-refractivity contribution in [2.75, 3.05) is 27.0 Å². The van der Waals surface area contributed by atoms with Crippen LogP contribution in [-0.2, 0) is 19.6 Å². The number of hydrogen-bond acceptors (Lipinski definition) is 5. The molecule has 0 saturated heterocycles. The van der Waals surface area contributed by atoms with E-state index in [1.807, 2.05) is 0 Å². The molecule has 0 aliphatic heterocycles. The molecule has 0 saturated carbocycles. The maximum absolute atomic E-state index is 11.0.